The zero-order chi connectivity index (χ0) is 71.0. The Hall–Kier alpha value is -7.35. The maximum Gasteiger partial charge on any atom is 0.407 e. The van der Waals surface area contributed by atoms with Gasteiger partial charge < -0.3 is 83.8 Å². The number of halogens is 2. The molecule has 29 heteroatoms. The van der Waals surface area contributed by atoms with Gasteiger partial charge in [-0.2, -0.15) is 0 Å². The molecule has 3 aromatic rings. The Morgan fingerprint density at radius 1 is 0.619 bits per heavy atom. The highest BCUT2D eigenvalue weighted by atomic mass is 19.1. The van der Waals surface area contributed by atoms with E-state index in [2.05, 4.69) is 26.6 Å². The van der Waals surface area contributed by atoms with E-state index < -0.39 is 88.9 Å². The van der Waals surface area contributed by atoms with Gasteiger partial charge in [0.15, 0.2) is 0 Å². The fraction of sp³-hybridized carbons (Fsp3) is 0.632. The molecule has 542 valence electrons. The Morgan fingerprint density at radius 2 is 1.16 bits per heavy atom. The molecule has 0 spiro atoms. The third-order valence-corrected chi connectivity index (χ3v) is 14.5. The van der Waals surface area contributed by atoms with Gasteiger partial charge in [-0.1, -0.05) is 65.0 Å². The van der Waals surface area contributed by atoms with Crippen molar-refractivity contribution in [3.05, 3.63) is 89.9 Å². The van der Waals surface area contributed by atoms with Crippen LogP contribution in [0.5, 0.6) is 0 Å². The van der Waals surface area contributed by atoms with E-state index in [0.717, 1.165) is 28.7 Å². The largest absolute Gasteiger partial charge is 0.444 e. The second-order valence-corrected chi connectivity index (χ2v) is 25.1. The summed E-state index contributed by atoms with van der Waals surface area (Å²) >= 11 is 0. The molecule has 2 aromatic carbocycles. The summed E-state index contributed by atoms with van der Waals surface area (Å²) in [5, 5.41) is 24.2. The van der Waals surface area contributed by atoms with E-state index in [9.17, 15) is 47.9 Å². The van der Waals surface area contributed by atoms with Crippen molar-refractivity contribution in [2.24, 2.45) is 11.3 Å². The topological polar surface area (TPSA) is 324 Å². The van der Waals surface area contributed by atoms with Crippen LogP contribution in [0.15, 0.2) is 66.9 Å². The normalized spacial score (nSPS) is 13.4. The van der Waals surface area contributed by atoms with Gasteiger partial charge in [0.05, 0.1) is 117 Å². The minimum atomic E-state index is -1.08. The molecule has 1 aliphatic rings. The smallest absolute Gasteiger partial charge is 0.407 e. The Labute approximate surface area is 568 Å². The molecule has 0 radical (unpaired) electrons. The van der Waals surface area contributed by atoms with E-state index in [-0.39, 0.29) is 101 Å². The van der Waals surface area contributed by atoms with Crippen LogP contribution in [0.2, 0.25) is 0 Å². The van der Waals surface area contributed by atoms with Gasteiger partial charge in [-0.05, 0) is 81.5 Å². The molecule has 97 heavy (non-hydrogen) atoms. The van der Waals surface area contributed by atoms with Crippen LogP contribution < -0.4 is 26.6 Å². The number of imidazole rings is 1. The molecule has 0 saturated heterocycles. The predicted molar refractivity (Wildman–Crippen MR) is 353 cm³/mol. The second-order valence-electron chi connectivity index (χ2n) is 25.1. The van der Waals surface area contributed by atoms with Crippen LogP contribution in [0.1, 0.15) is 111 Å². The van der Waals surface area contributed by atoms with E-state index in [0.29, 0.717) is 111 Å². The number of benzene rings is 2. The minimum absolute atomic E-state index is 0.0209. The van der Waals surface area contributed by atoms with Crippen LogP contribution in [0.4, 0.5) is 13.6 Å². The van der Waals surface area contributed by atoms with Crippen molar-refractivity contribution in [1.82, 2.24) is 45.9 Å². The van der Waals surface area contributed by atoms with Gasteiger partial charge in [-0.25, -0.2) is 18.6 Å². The van der Waals surface area contributed by atoms with Crippen molar-refractivity contribution >= 4 is 47.4 Å². The average molecular weight is 1370 g/mol. The van der Waals surface area contributed by atoms with Gasteiger partial charge >= 0.3 is 6.09 Å². The first-order valence-corrected chi connectivity index (χ1v) is 33.1. The molecule has 0 saturated carbocycles. The van der Waals surface area contributed by atoms with Gasteiger partial charge in [0, 0.05) is 76.0 Å². The van der Waals surface area contributed by atoms with Crippen molar-refractivity contribution < 1.29 is 94.9 Å². The van der Waals surface area contributed by atoms with Gasteiger partial charge in [0.1, 0.15) is 41.8 Å². The highest BCUT2D eigenvalue weighted by Crippen LogP contribution is 2.39. The summed E-state index contributed by atoms with van der Waals surface area (Å²) in [6, 6.07) is 9.60. The molecule has 1 aromatic heterocycles. The molecule has 27 nitrogen and oxygen atoms in total. The quantitative estimate of drug-likeness (QED) is 0.0333. The summed E-state index contributed by atoms with van der Waals surface area (Å²) in [6.45, 7) is 19.7. The number of hydrogen-bond donors (Lipinski definition) is 6. The van der Waals surface area contributed by atoms with Gasteiger partial charge in [0.25, 0.3) is 11.8 Å². The Bertz CT molecular complexity index is 2890. The lowest BCUT2D eigenvalue weighted by molar-refractivity contribution is -0.140. The molecule has 0 bridgehead atoms. The van der Waals surface area contributed by atoms with Crippen molar-refractivity contribution in [3.63, 3.8) is 0 Å². The number of carbonyl (C=O) groups is 8. The van der Waals surface area contributed by atoms with Crippen LogP contribution in [0, 0.1) is 23.0 Å². The monoisotopic (exact) mass is 1370 g/mol. The Kier molecular flexibility index (Phi) is 38.3. The van der Waals surface area contributed by atoms with Gasteiger partial charge in [-0.3, -0.25) is 38.5 Å². The molecule has 3 atom stereocenters. The van der Waals surface area contributed by atoms with Crippen LogP contribution >= 0.6 is 0 Å². The fourth-order valence-corrected chi connectivity index (χ4v) is 9.76. The number of aliphatic hydroxyl groups excluding tert-OH is 1. The third-order valence-electron chi connectivity index (χ3n) is 14.5. The molecule has 0 unspecified atom stereocenters. The lowest BCUT2D eigenvalue weighted by Gasteiger charge is -2.40. The van der Waals surface area contributed by atoms with Crippen molar-refractivity contribution in [2.45, 2.75) is 124 Å². The maximum absolute atomic E-state index is 15.3. The second kappa shape index (κ2) is 45.3. The molecule has 2 heterocycles. The van der Waals surface area contributed by atoms with Crippen LogP contribution in [0.3, 0.4) is 0 Å². The van der Waals surface area contributed by atoms with Gasteiger partial charge in [0.2, 0.25) is 29.5 Å². The zero-order valence-corrected chi connectivity index (χ0v) is 57.6. The predicted octanol–water partition coefficient (Wildman–Crippen LogP) is 4.57. The SMILES string of the molecule is CC(C)[C@H](NC(=O)CCOCCOCCOCCOCCOCCOCCOCCOCCNC(=O)CCN1C(=O)C=CC1=O)C(=O)N[C@@H](CCCCNC(=O)OC(C)(C)C)C(=O)NCCCN(C(=O)CO)[C@@H](c1nc(-c2cc(F)ccc2F)cn1Cc1ccccc1)C(C)(C)C. The van der Waals surface area contributed by atoms with Crippen molar-refractivity contribution in [1.29, 1.82) is 0 Å². The van der Waals surface area contributed by atoms with Crippen LogP contribution in [0.25, 0.3) is 11.3 Å². The summed E-state index contributed by atoms with van der Waals surface area (Å²) < 4.78 is 81.1. The summed E-state index contributed by atoms with van der Waals surface area (Å²) in [5.41, 5.74) is -0.485. The molecule has 8 amide bonds. The first-order chi connectivity index (χ1) is 46.4. The van der Waals surface area contributed by atoms with E-state index >= 15 is 4.39 Å². The number of imide groups is 1. The van der Waals surface area contributed by atoms with Gasteiger partial charge in [-0.15, -0.1) is 0 Å². The lowest BCUT2D eigenvalue weighted by atomic mass is 9.84. The van der Waals surface area contributed by atoms with E-state index in [1.54, 1.807) is 45.4 Å². The minimum Gasteiger partial charge on any atom is -0.444 e. The first-order valence-electron chi connectivity index (χ1n) is 33.1. The Balaban J connectivity index is 1.13. The number of aliphatic hydroxyl groups is 1. The van der Waals surface area contributed by atoms with Crippen molar-refractivity contribution in [2.75, 3.05) is 145 Å². The number of nitrogens with zero attached hydrogens (tertiary/aromatic N) is 4. The lowest BCUT2D eigenvalue weighted by Crippen LogP contribution is -2.55. The highest BCUT2D eigenvalue weighted by Gasteiger charge is 2.39. The number of aromatic nitrogens is 2. The zero-order valence-electron chi connectivity index (χ0n) is 57.6. The average Bonchev–Trinajstić information content (AvgIpc) is 1.68. The van der Waals surface area contributed by atoms with E-state index in [1.165, 1.54) is 17.1 Å². The van der Waals surface area contributed by atoms with Crippen LogP contribution in [-0.2, 0) is 82.7 Å². The number of amides is 8. The number of ether oxygens (including phenoxy) is 9. The summed E-state index contributed by atoms with van der Waals surface area (Å²) in [5.74, 6) is -4.68. The molecule has 4 rings (SSSR count). The number of alkyl carbamates (subject to hydrolysis) is 1. The maximum atomic E-state index is 15.3. The number of unbranched alkanes of at least 4 members (excludes halogenated alkanes) is 1. The molecule has 1 aliphatic heterocycles. The fourth-order valence-electron chi connectivity index (χ4n) is 9.76. The van der Waals surface area contributed by atoms with E-state index in [1.807, 2.05) is 51.1 Å². The molecular weight excluding hydrogens is 1270 g/mol. The number of nitrogens with one attached hydrogen (secondary N) is 5. The molecular formula is C68H103F2N9O18. The molecule has 0 aliphatic carbocycles. The number of rotatable bonds is 50. The standard InChI is InChI=1S/C68H103F2N9O18/c1-49(2)61(76-57(82)23-29-89-31-33-91-35-37-93-39-41-95-43-44-96-42-40-94-38-36-92-34-32-90-30-26-71-56(81)22-28-78-58(83)20-21-59(78)84)65(87)75-54(17-12-13-24-73-66(88)97-68(6,7)8)64(86)72-25-14-27-79(60(85)48-80)62(67(3,4)5)63-74-55(52-45-51(69)18-19-53(52)70)47-77(63)46-50-15-10-9-11-16-50/h9-11,15-16,18-21,45,47,49,54,61-62,80H,12-14,17,22-44,46,48H2,1-8H3,(H,71,81)(H,72,86)(H,73,88)(H,75,87)(H,76,82)/t54-,61-,62-/m0/s1. The summed E-state index contributed by atoms with van der Waals surface area (Å²) in [6.07, 6.45) is 4.51. The first kappa shape index (κ1) is 82.1. The summed E-state index contributed by atoms with van der Waals surface area (Å²) in [7, 11) is 0. The Morgan fingerprint density at radius 3 is 1.70 bits per heavy atom. The number of hydrogen-bond acceptors (Lipinski definition) is 19. The van der Waals surface area contributed by atoms with Crippen molar-refractivity contribution in [3.8, 4) is 11.3 Å². The third kappa shape index (κ3) is 33.2. The summed E-state index contributed by atoms with van der Waals surface area (Å²) in [4.78, 5) is 110. The highest BCUT2D eigenvalue weighted by molar-refractivity contribution is 6.13. The molecule has 0 fully saturated rings. The van der Waals surface area contributed by atoms with Crippen LogP contribution in [-0.4, -0.2) is 235 Å². The molecule has 6 N–H and O–H groups in total. The number of carbonyl (C=O) groups excluding carboxylic acids is 8. The van der Waals surface area contributed by atoms with E-state index in [4.69, 9.17) is 47.6 Å².